The van der Waals surface area contributed by atoms with Crippen molar-refractivity contribution in [3.63, 3.8) is 0 Å². The number of hydrogen-bond donors (Lipinski definition) is 0. The molecule has 0 N–H and O–H groups in total. The zero-order chi connectivity index (χ0) is 45.0. The Labute approximate surface area is 360 Å². The summed E-state index contributed by atoms with van der Waals surface area (Å²) in [4.78, 5) is 77.4. The molecule has 13 atom stereocenters. The Hall–Kier alpha value is -4.25. The fourth-order valence-corrected chi connectivity index (χ4v) is 9.72. The lowest BCUT2D eigenvalue weighted by Gasteiger charge is -2.47. The first-order chi connectivity index (χ1) is 28.8. The van der Waals surface area contributed by atoms with E-state index in [0.29, 0.717) is 25.8 Å². The molecule has 3 fully saturated rings. The van der Waals surface area contributed by atoms with E-state index in [2.05, 4.69) is 10.1 Å². The Morgan fingerprint density at radius 3 is 2.33 bits per heavy atom. The van der Waals surface area contributed by atoms with Crippen LogP contribution < -0.4 is 0 Å². The van der Waals surface area contributed by atoms with Gasteiger partial charge in [0.1, 0.15) is 17.8 Å². The minimum atomic E-state index is -1.42. The SMILES string of the molecule is CC[C@H]1OC(=O)[C@H](C)C(=O)[C@H](C)[C@@H](O[C@@H]2O[C@H](C)C[C@H](N(C)C)[C@H]2OC(C)=O)[C@](C)(OC)C[C@@H](C)C(=O)[C@H](C)[C@@H]2N(CCCCn3ccc(-c4cccnc4)n3)C(=O)O[C@@]21C. The second-order valence-electron chi connectivity index (χ2n) is 17.9. The molecule has 2 aromatic rings. The van der Waals surface area contributed by atoms with E-state index in [9.17, 15) is 24.0 Å². The van der Waals surface area contributed by atoms with E-state index in [4.69, 9.17) is 28.4 Å². The summed E-state index contributed by atoms with van der Waals surface area (Å²) in [6, 6.07) is 4.65. The summed E-state index contributed by atoms with van der Waals surface area (Å²) >= 11 is 0. The minimum absolute atomic E-state index is 0.103. The van der Waals surface area contributed by atoms with Crippen LogP contribution in [-0.2, 0) is 54.1 Å². The van der Waals surface area contributed by atoms with Crippen LogP contribution in [0.5, 0.6) is 0 Å². The van der Waals surface area contributed by atoms with E-state index < -0.39 is 89.3 Å². The van der Waals surface area contributed by atoms with E-state index >= 15 is 0 Å². The quantitative estimate of drug-likeness (QED) is 0.113. The summed E-state index contributed by atoms with van der Waals surface area (Å²) < 4.78 is 39.3. The number of amides is 1. The molecule has 1 amide bonds. The molecule has 0 radical (unpaired) electrons. The number of carbonyl (C=O) groups excluding carboxylic acids is 5. The predicted octanol–water partition coefficient (Wildman–Crippen LogP) is 5.50. The molecule has 5 heterocycles. The highest BCUT2D eigenvalue weighted by atomic mass is 16.7. The highest BCUT2D eigenvalue weighted by Gasteiger charge is 2.60. The number of cyclic esters (lactones) is 1. The first-order valence-electron chi connectivity index (χ1n) is 21.7. The molecule has 61 heavy (non-hydrogen) atoms. The Balaban J connectivity index is 1.46. The number of aryl methyl sites for hydroxylation is 1. The Bertz CT molecular complexity index is 1860. The van der Waals surface area contributed by atoms with Gasteiger partial charge in [-0.2, -0.15) is 5.10 Å². The van der Waals surface area contributed by atoms with E-state index in [-0.39, 0.29) is 37.3 Å². The molecule has 0 aliphatic carbocycles. The molecule has 3 aliphatic heterocycles. The molecule has 5 rings (SSSR count). The lowest BCUT2D eigenvalue weighted by Crippen LogP contribution is -2.61. The number of pyridine rings is 1. The average molecular weight is 854 g/mol. The van der Waals surface area contributed by atoms with Gasteiger partial charge in [0.15, 0.2) is 23.8 Å². The van der Waals surface area contributed by atoms with E-state index in [1.54, 1.807) is 51.9 Å². The zero-order valence-corrected chi connectivity index (χ0v) is 38.0. The third-order valence-electron chi connectivity index (χ3n) is 13.1. The molecular weight excluding hydrogens is 787 g/mol. The lowest BCUT2D eigenvalue weighted by atomic mass is 9.73. The van der Waals surface area contributed by atoms with Crippen molar-refractivity contribution in [3.05, 3.63) is 36.8 Å². The van der Waals surface area contributed by atoms with E-state index in [1.807, 2.05) is 61.9 Å². The zero-order valence-electron chi connectivity index (χ0n) is 38.0. The topological polar surface area (TPSA) is 178 Å². The van der Waals surface area contributed by atoms with Crippen LogP contribution in [0.2, 0.25) is 0 Å². The Kier molecular flexibility index (Phi) is 15.6. The number of unbranched alkanes of at least 4 members (excludes halogenated alkanes) is 1. The van der Waals surface area contributed by atoms with Gasteiger partial charge in [0.05, 0.1) is 35.6 Å². The number of aromatic nitrogens is 3. The van der Waals surface area contributed by atoms with Crippen molar-refractivity contribution >= 4 is 29.6 Å². The second kappa shape index (κ2) is 19.9. The minimum Gasteiger partial charge on any atom is -0.458 e. The van der Waals surface area contributed by atoms with Crippen molar-refractivity contribution in [1.29, 1.82) is 0 Å². The maximum Gasteiger partial charge on any atom is 0.410 e. The highest BCUT2D eigenvalue weighted by molar-refractivity contribution is 6.00. The number of methoxy groups -OCH3 is 1. The van der Waals surface area contributed by atoms with Gasteiger partial charge in [-0.3, -0.25) is 28.8 Å². The highest BCUT2D eigenvalue weighted by Crippen LogP contribution is 2.43. The van der Waals surface area contributed by atoms with Crippen molar-refractivity contribution in [3.8, 4) is 11.3 Å². The standard InChI is InChI=1S/C45H67N5O11/c1-13-35-45(9)39(50(43(55)61-45)21-15-14-20-49-22-18-33(47-49)32-17-16-19-46-25-32)28(4)36(52)26(2)24-44(8,56-12)40(29(5)37(53)30(6)41(54)59-35)60-42-38(58-31(7)51)34(48(10)11)23-27(3)57-42/h16-19,22,25-30,34-35,38-40,42H,13-15,20-21,23-24H2,1-12H3/t26-,27-,28+,29+,30-,34+,35-,38-,39+,40-,42+,44-,45-/m1/s1. The second-order valence-corrected chi connectivity index (χ2v) is 17.9. The number of hydrogen-bond acceptors (Lipinski definition) is 14. The first-order valence-corrected chi connectivity index (χ1v) is 21.7. The van der Waals surface area contributed by atoms with Crippen molar-refractivity contribution in [2.75, 3.05) is 27.7 Å². The number of esters is 2. The summed E-state index contributed by atoms with van der Waals surface area (Å²) in [6.07, 6.45) is 2.59. The predicted molar refractivity (Wildman–Crippen MR) is 224 cm³/mol. The van der Waals surface area contributed by atoms with Crippen LogP contribution in [0.25, 0.3) is 11.3 Å². The van der Waals surface area contributed by atoms with Gasteiger partial charge in [-0.1, -0.05) is 27.7 Å². The number of carbonyl (C=O) groups is 5. The van der Waals surface area contributed by atoms with Gasteiger partial charge in [0.2, 0.25) is 0 Å². The Morgan fingerprint density at radius 1 is 1.00 bits per heavy atom. The molecule has 0 aromatic carbocycles. The molecule has 338 valence electrons. The number of fused-ring (bicyclic) bond motifs is 1. The largest absolute Gasteiger partial charge is 0.458 e. The van der Waals surface area contributed by atoms with Gasteiger partial charge in [-0.15, -0.1) is 0 Å². The molecule has 2 aromatic heterocycles. The van der Waals surface area contributed by atoms with Crippen LogP contribution >= 0.6 is 0 Å². The number of ketones is 2. The number of likely N-dealkylation sites (N-methyl/N-ethyl adjacent to an activating group) is 1. The smallest absolute Gasteiger partial charge is 0.410 e. The molecular formula is C45H67N5O11. The summed E-state index contributed by atoms with van der Waals surface area (Å²) in [5, 5.41) is 4.68. The fraction of sp³-hybridized carbons (Fsp3) is 0.711. The number of ether oxygens (including phenoxy) is 6. The summed E-state index contributed by atoms with van der Waals surface area (Å²) in [7, 11) is 5.25. The van der Waals surface area contributed by atoms with Crippen LogP contribution in [0.1, 0.15) is 94.4 Å². The molecule has 0 unspecified atom stereocenters. The molecule has 0 spiro atoms. The van der Waals surface area contributed by atoms with Gasteiger partial charge in [-0.25, -0.2) is 4.79 Å². The average Bonchev–Trinajstić information content (AvgIpc) is 3.80. The van der Waals surface area contributed by atoms with Crippen molar-refractivity contribution < 1.29 is 52.4 Å². The summed E-state index contributed by atoms with van der Waals surface area (Å²) in [5.41, 5.74) is -1.01. The van der Waals surface area contributed by atoms with Gasteiger partial charge in [0.25, 0.3) is 0 Å². The molecule has 0 bridgehead atoms. The number of Topliss-reactive ketones (excluding diaryl/α,β-unsaturated/α-hetero) is 2. The van der Waals surface area contributed by atoms with Crippen LogP contribution in [0.4, 0.5) is 4.79 Å². The first kappa shape index (κ1) is 47.8. The van der Waals surface area contributed by atoms with Crippen LogP contribution in [0.15, 0.2) is 36.8 Å². The monoisotopic (exact) mass is 853 g/mol. The molecule has 16 nitrogen and oxygen atoms in total. The summed E-state index contributed by atoms with van der Waals surface area (Å²) in [6.45, 7) is 16.1. The summed E-state index contributed by atoms with van der Waals surface area (Å²) in [5.74, 6) is -5.65. The van der Waals surface area contributed by atoms with Crippen LogP contribution in [-0.4, -0.2) is 136 Å². The van der Waals surface area contributed by atoms with Crippen molar-refractivity contribution in [2.45, 2.75) is 155 Å². The maximum atomic E-state index is 14.8. The molecule has 0 saturated carbocycles. The van der Waals surface area contributed by atoms with Gasteiger partial charge in [-0.05, 0) is 92.1 Å². The normalized spacial score (nSPS) is 35.4. The van der Waals surface area contributed by atoms with Crippen LogP contribution in [0, 0.1) is 23.7 Å². The number of nitrogens with zero attached hydrogens (tertiary/aromatic N) is 5. The van der Waals surface area contributed by atoms with Crippen molar-refractivity contribution in [2.24, 2.45) is 23.7 Å². The fourth-order valence-electron chi connectivity index (χ4n) is 9.72. The van der Waals surface area contributed by atoms with Gasteiger partial charge < -0.3 is 38.2 Å². The maximum absolute atomic E-state index is 14.8. The van der Waals surface area contributed by atoms with Gasteiger partial charge >= 0.3 is 18.0 Å². The van der Waals surface area contributed by atoms with Crippen molar-refractivity contribution in [1.82, 2.24) is 24.6 Å². The van der Waals surface area contributed by atoms with E-state index in [0.717, 1.165) is 11.3 Å². The van der Waals surface area contributed by atoms with Gasteiger partial charge in [0, 0.05) is 69.0 Å². The van der Waals surface area contributed by atoms with Crippen LogP contribution in [0.3, 0.4) is 0 Å². The lowest BCUT2D eigenvalue weighted by molar-refractivity contribution is -0.298. The number of rotatable bonds is 12. The molecule has 16 heteroatoms. The molecule has 3 aliphatic rings. The third-order valence-corrected chi connectivity index (χ3v) is 13.1. The third kappa shape index (κ3) is 10.3. The Morgan fingerprint density at radius 2 is 1.70 bits per heavy atom. The molecule has 3 saturated heterocycles. The van der Waals surface area contributed by atoms with E-state index in [1.165, 1.54) is 21.0 Å².